The first-order valence-corrected chi connectivity index (χ1v) is 10.2. The van der Waals surface area contributed by atoms with Crippen LogP contribution < -0.4 is 4.90 Å². The van der Waals surface area contributed by atoms with Gasteiger partial charge in [-0.2, -0.15) is 0 Å². The van der Waals surface area contributed by atoms with Crippen molar-refractivity contribution in [2.75, 3.05) is 31.1 Å². The van der Waals surface area contributed by atoms with E-state index in [9.17, 15) is 4.39 Å². The van der Waals surface area contributed by atoms with E-state index in [0.29, 0.717) is 12.5 Å². The molecule has 0 saturated carbocycles. The number of tetrazole rings is 1. The zero-order valence-electron chi connectivity index (χ0n) is 16.9. The molecule has 6 nitrogen and oxygen atoms in total. The van der Waals surface area contributed by atoms with Gasteiger partial charge < -0.3 is 4.90 Å². The fourth-order valence-electron chi connectivity index (χ4n) is 4.09. The fourth-order valence-corrected chi connectivity index (χ4v) is 4.09. The Morgan fingerprint density at radius 2 is 1.62 bits per heavy atom. The third-order valence-corrected chi connectivity index (χ3v) is 5.53. The molecular formula is C22H27FN6. The molecule has 3 aromatic rings. The van der Waals surface area contributed by atoms with Crippen molar-refractivity contribution in [3.63, 3.8) is 0 Å². The topological polar surface area (TPSA) is 50.1 Å². The molecule has 0 bridgehead atoms. The Hall–Kier alpha value is -2.80. The molecule has 0 spiro atoms. The summed E-state index contributed by atoms with van der Waals surface area (Å²) < 4.78 is 15.1. The van der Waals surface area contributed by atoms with Crippen LogP contribution in [-0.4, -0.2) is 51.3 Å². The number of halogens is 1. The van der Waals surface area contributed by atoms with Crippen LogP contribution in [0.5, 0.6) is 0 Å². The molecule has 4 rings (SSSR count). The van der Waals surface area contributed by atoms with Gasteiger partial charge in [0.1, 0.15) is 5.82 Å². The molecule has 1 aromatic heterocycles. The molecule has 0 radical (unpaired) electrons. The summed E-state index contributed by atoms with van der Waals surface area (Å²) in [5.74, 6) is 1.10. The van der Waals surface area contributed by atoms with Gasteiger partial charge in [0, 0.05) is 31.9 Å². The predicted octanol–water partition coefficient (Wildman–Crippen LogP) is 3.38. The smallest absolute Gasteiger partial charge is 0.169 e. The second kappa shape index (κ2) is 8.69. The predicted molar refractivity (Wildman–Crippen MR) is 111 cm³/mol. The van der Waals surface area contributed by atoms with Gasteiger partial charge in [0.25, 0.3) is 0 Å². The van der Waals surface area contributed by atoms with Crippen LogP contribution in [0.1, 0.15) is 31.3 Å². The van der Waals surface area contributed by atoms with Crippen molar-refractivity contribution in [1.29, 1.82) is 0 Å². The van der Waals surface area contributed by atoms with Crippen molar-refractivity contribution in [3.05, 3.63) is 71.8 Å². The van der Waals surface area contributed by atoms with E-state index < -0.39 is 0 Å². The summed E-state index contributed by atoms with van der Waals surface area (Å²) in [5, 5.41) is 12.6. The second-order valence-corrected chi connectivity index (χ2v) is 7.87. The molecule has 152 valence electrons. The maximum Gasteiger partial charge on any atom is 0.169 e. The number of hydrogen-bond donors (Lipinski definition) is 0. The van der Waals surface area contributed by atoms with E-state index in [4.69, 9.17) is 0 Å². The zero-order valence-corrected chi connectivity index (χ0v) is 16.9. The maximum absolute atomic E-state index is 13.2. The molecule has 1 aliphatic heterocycles. The third kappa shape index (κ3) is 4.45. The number of benzene rings is 2. The van der Waals surface area contributed by atoms with Crippen molar-refractivity contribution in [1.82, 2.24) is 25.1 Å². The Kier molecular flexibility index (Phi) is 5.85. The lowest BCUT2D eigenvalue weighted by molar-refractivity contribution is 0.135. The van der Waals surface area contributed by atoms with Gasteiger partial charge in [-0.15, -0.1) is 5.10 Å². The van der Waals surface area contributed by atoms with Gasteiger partial charge in [-0.25, -0.2) is 9.07 Å². The number of piperazine rings is 1. The maximum atomic E-state index is 13.2. The molecule has 2 heterocycles. The molecule has 0 unspecified atom stereocenters. The minimum Gasteiger partial charge on any atom is -0.369 e. The Bertz CT molecular complexity index is 901. The van der Waals surface area contributed by atoms with Crippen LogP contribution in [-0.2, 0) is 6.54 Å². The average molecular weight is 394 g/mol. The van der Waals surface area contributed by atoms with Crippen LogP contribution in [0, 0.1) is 11.7 Å². The molecule has 1 fully saturated rings. The van der Waals surface area contributed by atoms with Crippen molar-refractivity contribution >= 4 is 5.69 Å². The fraction of sp³-hybridized carbons (Fsp3) is 0.409. The highest BCUT2D eigenvalue weighted by Gasteiger charge is 2.31. The van der Waals surface area contributed by atoms with Gasteiger partial charge >= 0.3 is 0 Å². The minimum atomic E-state index is -0.197. The van der Waals surface area contributed by atoms with Gasteiger partial charge in [-0.1, -0.05) is 44.2 Å². The van der Waals surface area contributed by atoms with E-state index in [1.807, 2.05) is 35.0 Å². The summed E-state index contributed by atoms with van der Waals surface area (Å²) in [5.41, 5.74) is 2.26. The molecule has 1 atom stereocenters. The van der Waals surface area contributed by atoms with Gasteiger partial charge in [0.05, 0.1) is 12.6 Å². The van der Waals surface area contributed by atoms with E-state index in [0.717, 1.165) is 37.7 Å². The molecule has 7 heteroatoms. The van der Waals surface area contributed by atoms with Crippen LogP contribution in [0.2, 0.25) is 0 Å². The van der Waals surface area contributed by atoms with Gasteiger partial charge in [-0.05, 0) is 46.2 Å². The SMILES string of the molecule is CC(C)[C@H](c1nnnn1Cc1ccccc1)N1CCN(c2ccc(F)cc2)CC1. The van der Waals surface area contributed by atoms with Crippen molar-refractivity contribution in [2.45, 2.75) is 26.4 Å². The molecule has 29 heavy (non-hydrogen) atoms. The first kappa shape index (κ1) is 19.5. The van der Waals surface area contributed by atoms with Crippen LogP contribution in [0.3, 0.4) is 0 Å². The number of nitrogens with zero attached hydrogens (tertiary/aromatic N) is 6. The van der Waals surface area contributed by atoms with E-state index in [1.165, 1.54) is 17.7 Å². The average Bonchev–Trinajstić information content (AvgIpc) is 3.17. The summed E-state index contributed by atoms with van der Waals surface area (Å²) in [6.07, 6.45) is 0. The van der Waals surface area contributed by atoms with Gasteiger partial charge in [-0.3, -0.25) is 4.90 Å². The third-order valence-electron chi connectivity index (χ3n) is 5.53. The molecule has 0 amide bonds. The highest BCUT2D eigenvalue weighted by molar-refractivity contribution is 5.46. The van der Waals surface area contributed by atoms with E-state index in [-0.39, 0.29) is 11.9 Å². The van der Waals surface area contributed by atoms with Crippen LogP contribution >= 0.6 is 0 Å². The molecular weight excluding hydrogens is 367 g/mol. The Morgan fingerprint density at radius 1 is 0.931 bits per heavy atom. The molecule has 0 aliphatic carbocycles. The summed E-state index contributed by atoms with van der Waals surface area (Å²) in [6, 6.07) is 17.2. The van der Waals surface area contributed by atoms with Crippen LogP contribution in [0.4, 0.5) is 10.1 Å². The van der Waals surface area contributed by atoms with Gasteiger partial charge in [0.15, 0.2) is 5.82 Å². The van der Waals surface area contributed by atoms with Gasteiger partial charge in [0.2, 0.25) is 0 Å². The second-order valence-electron chi connectivity index (χ2n) is 7.87. The largest absolute Gasteiger partial charge is 0.369 e. The Morgan fingerprint density at radius 3 is 2.28 bits per heavy atom. The number of hydrogen-bond acceptors (Lipinski definition) is 5. The van der Waals surface area contributed by atoms with E-state index >= 15 is 0 Å². The minimum absolute atomic E-state index is 0.157. The van der Waals surface area contributed by atoms with E-state index in [2.05, 4.69) is 51.3 Å². The van der Waals surface area contributed by atoms with Crippen molar-refractivity contribution < 1.29 is 4.39 Å². The lowest BCUT2D eigenvalue weighted by Crippen LogP contribution is -2.49. The highest BCUT2D eigenvalue weighted by Crippen LogP contribution is 2.29. The highest BCUT2D eigenvalue weighted by atomic mass is 19.1. The Labute approximate surface area is 170 Å². The standard InChI is InChI=1S/C22H27FN6/c1-17(2)21(22-24-25-26-29(22)16-18-6-4-3-5-7-18)28-14-12-27(13-15-28)20-10-8-19(23)9-11-20/h3-11,17,21H,12-16H2,1-2H3/t21-/m1/s1. The monoisotopic (exact) mass is 394 g/mol. The molecule has 1 aliphatic rings. The zero-order chi connectivity index (χ0) is 20.2. The number of rotatable bonds is 6. The summed E-state index contributed by atoms with van der Waals surface area (Å²) in [4.78, 5) is 4.78. The van der Waals surface area contributed by atoms with Crippen molar-refractivity contribution in [3.8, 4) is 0 Å². The molecule has 0 N–H and O–H groups in total. The first-order chi connectivity index (χ1) is 14.1. The van der Waals surface area contributed by atoms with Crippen molar-refractivity contribution in [2.24, 2.45) is 5.92 Å². The molecule has 1 saturated heterocycles. The number of aromatic nitrogens is 4. The number of anilines is 1. The first-order valence-electron chi connectivity index (χ1n) is 10.2. The Balaban J connectivity index is 1.48. The van der Waals surface area contributed by atoms with Crippen LogP contribution in [0.15, 0.2) is 54.6 Å². The summed E-state index contributed by atoms with van der Waals surface area (Å²) in [7, 11) is 0. The quantitative estimate of drug-likeness (QED) is 0.642. The normalized spacial score (nSPS) is 16.3. The molecule has 2 aromatic carbocycles. The lowest BCUT2D eigenvalue weighted by atomic mass is 10.0. The van der Waals surface area contributed by atoms with Crippen LogP contribution in [0.25, 0.3) is 0 Å². The summed E-state index contributed by atoms with van der Waals surface area (Å²) in [6.45, 7) is 8.74. The lowest BCUT2D eigenvalue weighted by Gasteiger charge is -2.41. The van der Waals surface area contributed by atoms with E-state index in [1.54, 1.807) is 0 Å². The summed E-state index contributed by atoms with van der Waals surface area (Å²) >= 11 is 0.